The topological polar surface area (TPSA) is 31.2 Å². The summed E-state index contributed by atoms with van der Waals surface area (Å²) >= 11 is 0. The zero-order valence-corrected chi connectivity index (χ0v) is 25.4. The van der Waals surface area contributed by atoms with Crippen LogP contribution in [0.3, 0.4) is 0 Å². The van der Waals surface area contributed by atoms with Gasteiger partial charge in [0.05, 0.1) is 5.52 Å². The Bertz CT molecular complexity index is 2760. The second kappa shape index (κ2) is 10.1. The van der Waals surface area contributed by atoms with Crippen LogP contribution in [0, 0.1) is 0 Å². The van der Waals surface area contributed by atoms with Gasteiger partial charge in [0.25, 0.3) is 0 Å². The molecule has 0 N–H and O–H groups in total. The molecule has 0 aliphatic heterocycles. The Morgan fingerprint density at radius 2 is 0.957 bits per heavy atom. The molecule has 0 saturated heterocycles. The Hall–Kier alpha value is -6.32. The summed E-state index contributed by atoms with van der Waals surface area (Å²) in [5.41, 5.74) is 13.7. The SMILES string of the molecule is c1ccc(-c2ccc3oc4c(-c5ccc(-c6cccc7c6oc6c8ccccc8n(-c8ccccc8)c76)cc5)cccc4c3c2)cc1. The molecule has 0 radical (unpaired) electrons. The van der Waals surface area contributed by atoms with Gasteiger partial charge in [0, 0.05) is 38.4 Å². The number of furan rings is 2. The first-order valence-corrected chi connectivity index (χ1v) is 15.9. The van der Waals surface area contributed by atoms with E-state index in [1.54, 1.807) is 0 Å². The van der Waals surface area contributed by atoms with Crippen molar-refractivity contribution in [2.75, 3.05) is 0 Å². The van der Waals surface area contributed by atoms with Crippen molar-refractivity contribution >= 4 is 54.9 Å². The number of para-hydroxylation sites is 4. The maximum atomic E-state index is 6.77. The summed E-state index contributed by atoms with van der Waals surface area (Å²) in [6.45, 7) is 0. The van der Waals surface area contributed by atoms with Gasteiger partial charge in [-0.1, -0.05) is 121 Å². The van der Waals surface area contributed by atoms with Crippen LogP contribution in [-0.2, 0) is 0 Å². The van der Waals surface area contributed by atoms with E-state index in [0.717, 1.165) is 82.9 Å². The average Bonchev–Trinajstić information content (AvgIpc) is 3.81. The van der Waals surface area contributed by atoms with Crippen LogP contribution >= 0.6 is 0 Å². The number of nitrogens with zero attached hydrogens (tertiary/aromatic N) is 1. The lowest BCUT2D eigenvalue weighted by Gasteiger charge is -2.08. The molecule has 0 amide bonds. The van der Waals surface area contributed by atoms with Crippen molar-refractivity contribution in [1.29, 1.82) is 0 Å². The number of fused-ring (bicyclic) bond motifs is 8. The zero-order valence-electron chi connectivity index (χ0n) is 25.4. The van der Waals surface area contributed by atoms with Crippen molar-refractivity contribution in [3.8, 4) is 39.1 Å². The summed E-state index contributed by atoms with van der Waals surface area (Å²) in [5.74, 6) is 0. The number of aromatic nitrogens is 1. The second-order valence-electron chi connectivity index (χ2n) is 12.1. The quantitative estimate of drug-likeness (QED) is 0.201. The van der Waals surface area contributed by atoms with Gasteiger partial charge in [-0.25, -0.2) is 0 Å². The van der Waals surface area contributed by atoms with Crippen molar-refractivity contribution in [2.24, 2.45) is 0 Å². The molecule has 0 bridgehead atoms. The van der Waals surface area contributed by atoms with Gasteiger partial charge >= 0.3 is 0 Å². The van der Waals surface area contributed by atoms with E-state index in [4.69, 9.17) is 8.83 Å². The first-order chi connectivity index (χ1) is 23.3. The molecule has 0 aliphatic carbocycles. The highest BCUT2D eigenvalue weighted by Gasteiger charge is 2.21. The Morgan fingerprint density at radius 3 is 1.70 bits per heavy atom. The van der Waals surface area contributed by atoms with Crippen molar-refractivity contribution in [3.63, 3.8) is 0 Å². The highest BCUT2D eigenvalue weighted by molar-refractivity contribution is 6.18. The predicted octanol–water partition coefficient (Wildman–Crippen LogP) is 12.4. The molecule has 220 valence electrons. The molecule has 3 heteroatoms. The average molecular weight is 602 g/mol. The van der Waals surface area contributed by atoms with E-state index >= 15 is 0 Å². The van der Waals surface area contributed by atoms with Crippen LogP contribution in [0.1, 0.15) is 0 Å². The molecule has 7 aromatic carbocycles. The fraction of sp³-hybridized carbons (Fsp3) is 0. The summed E-state index contributed by atoms with van der Waals surface area (Å²) in [6, 6.07) is 57.6. The van der Waals surface area contributed by atoms with E-state index in [1.807, 2.05) is 6.07 Å². The fourth-order valence-electron chi connectivity index (χ4n) is 7.23. The van der Waals surface area contributed by atoms with E-state index in [1.165, 1.54) is 11.1 Å². The van der Waals surface area contributed by atoms with Crippen LogP contribution in [0.2, 0.25) is 0 Å². The highest BCUT2D eigenvalue weighted by atomic mass is 16.3. The molecule has 0 fully saturated rings. The van der Waals surface area contributed by atoms with E-state index in [2.05, 4.69) is 162 Å². The number of rotatable bonds is 4. The van der Waals surface area contributed by atoms with Crippen molar-refractivity contribution in [1.82, 2.24) is 4.57 Å². The van der Waals surface area contributed by atoms with E-state index in [0.29, 0.717) is 0 Å². The van der Waals surface area contributed by atoms with Crippen molar-refractivity contribution < 1.29 is 8.83 Å². The molecule has 3 nitrogen and oxygen atoms in total. The number of hydrogen-bond acceptors (Lipinski definition) is 2. The first-order valence-electron chi connectivity index (χ1n) is 15.9. The Kier molecular flexibility index (Phi) is 5.57. The fourth-order valence-corrected chi connectivity index (χ4v) is 7.23. The normalized spacial score (nSPS) is 11.8. The molecule has 0 unspecified atom stereocenters. The molecular formula is C44H27NO2. The summed E-state index contributed by atoms with van der Waals surface area (Å²) < 4.78 is 15.6. The monoisotopic (exact) mass is 601 g/mol. The third-order valence-electron chi connectivity index (χ3n) is 9.43. The van der Waals surface area contributed by atoms with Gasteiger partial charge in [-0.3, -0.25) is 0 Å². The summed E-state index contributed by atoms with van der Waals surface area (Å²) in [4.78, 5) is 0. The minimum Gasteiger partial charge on any atom is -0.455 e. The molecule has 0 atom stereocenters. The van der Waals surface area contributed by atoms with Gasteiger partial charge in [-0.2, -0.15) is 0 Å². The smallest absolute Gasteiger partial charge is 0.161 e. The Balaban J connectivity index is 1.09. The van der Waals surface area contributed by atoms with Gasteiger partial charge < -0.3 is 13.4 Å². The van der Waals surface area contributed by atoms with Crippen LogP contribution in [0.25, 0.3) is 94.0 Å². The predicted molar refractivity (Wildman–Crippen MR) is 194 cm³/mol. The van der Waals surface area contributed by atoms with Gasteiger partial charge in [0.2, 0.25) is 0 Å². The Morgan fingerprint density at radius 1 is 0.362 bits per heavy atom. The maximum Gasteiger partial charge on any atom is 0.161 e. The van der Waals surface area contributed by atoms with Crippen molar-refractivity contribution in [3.05, 3.63) is 164 Å². The van der Waals surface area contributed by atoms with E-state index in [-0.39, 0.29) is 0 Å². The first kappa shape index (κ1) is 26.0. The third-order valence-corrected chi connectivity index (χ3v) is 9.43. The lowest BCUT2D eigenvalue weighted by Crippen LogP contribution is -1.92. The van der Waals surface area contributed by atoms with E-state index in [9.17, 15) is 0 Å². The lowest BCUT2D eigenvalue weighted by molar-refractivity contribution is 0.670. The molecule has 3 heterocycles. The molecule has 0 aliphatic rings. The summed E-state index contributed by atoms with van der Waals surface area (Å²) in [5, 5.41) is 4.46. The second-order valence-corrected chi connectivity index (χ2v) is 12.1. The largest absolute Gasteiger partial charge is 0.455 e. The van der Waals surface area contributed by atoms with Crippen LogP contribution in [0.4, 0.5) is 0 Å². The molecule has 10 aromatic rings. The van der Waals surface area contributed by atoms with Gasteiger partial charge in [-0.15, -0.1) is 0 Å². The lowest BCUT2D eigenvalue weighted by atomic mass is 9.97. The van der Waals surface area contributed by atoms with E-state index < -0.39 is 0 Å². The molecule has 0 spiro atoms. The van der Waals surface area contributed by atoms with Gasteiger partial charge in [-0.05, 0) is 64.7 Å². The minimum atomic E-state index is 0.896. The molecule has 0 saturated carbocycles. The van der Waals surface area contributed by atoms with Crippen LogP contribution < -0.4 is 0 Å². The molecular weight excluding hydrogens is 574 g/mol. The summed E-state index contributed by atoms with van der Waals surface area (Å²) in [6.07, 6.45) is 0. The van der Waals surface area contributed by atoms with Crippen molar-refractivity contribution in [2.45, 2.75) is 0 Å². The molecule has 10 rings (SSSR count). The summed E-state index contributed by atoms with van der Waals surface area (Å²) in [7, 11) is 0. The van der Waals surface area contributed by atoms with Crippen LogP contribution in [-0.4, -0.2) is 4.57 Å². The third kappa shape index (κ3) is 3.93. The number of hydrogen-bond donors (Lipinski definition) is 0. The molecule has 3 aromatic heterocycles. The minimum absolute atomic E-state index is 0.896. The highest BCUT2D eigenvalue weighted by Crippen LogP contribution is 2.43. The standard InChI is InChI=1S/C44H27NO2/c1-3-11-28(12-4-1)31-25-26-40-38(27-31)35-18-9-16-33(42(35)46-40)29-21-23-30(24-22-29)34-17-10-19-37-41-44(47-43(34)37)36-15-7-8-20-39(36)45(41)32-13-5-2-6-14-32/h1-27H. The van der Waals surface area contributed by atoms with Gasteiger partial charge in [0.1, 0.15) is 22.3 Å². The Labute approximate surface area is 270 Å². The molecule has 47 heavy (non-hydrogen) atoms. The van der Waals surface area contributed by atoms with Crippen LogP contribution in [0.15, 0.2) is 173 Å². The maximum absolute atomic E-state index is 6.77. The van der Waals surface area contributed by atoms with Gasteiger partial charge in [0.15, 0.2) is 5.58 Å². The zero-order chi connectivity index (χ0) is 30.9. The number of benzene rings is 7. The van der Waals surface area contributed by atoms with Crippen LogP contribution in [0.5, 0.6) is 0 Å².